The van der Waals surface area contributed by atoms with Crippen molar-refractivity contribution < 1.29 is 9.53 Å². The molecule has 0 atom stereocenters. The Bertz CT molecular complexity index is 1140. The summed E-state index contributed by atoms with van der Waals surface area (Å²) in [5, 5.41) is 7.61. The zero-order valence-electron chi connectivity index (χ0n) is 16.6. The van der Waals surface area contributed by atoms with Crippen LogP contribution in [0.15, 0.2) is 78.9 Å². The van der Waals surface area contributed by atoms with Gasteiger partial charge in [0.1, 0.15) is 5.82 Å². The van der Waals surface area contributed by atoms with Crippen molar-refractivity contribution in [2.24, 2.45) is 0 Å². The predicted octanol–water partition coefficient (Wildman–Crippen LogP) is 5.22. The van der Waals surface area contributed by atoms with Crippen LogP contribution in [0.4, 0.5) is 23.1 Å². The molecule has 0 saturated carbocycles. The summed E-state index contributed by atoms with van der Waals surface area (Å²) in [5.41, 5.74) is 3.79. The van der Waals surface area contributed by atoms with E-state index < -0.39 is 0 Å². The zero-order valence-corrected chi connectivity index (χ0v) is 16.6. The molecule has 3 aromatic carbocycles. The zero-order chi connectivity index (χ0) is 20.8. The van der Waals surface area contributed by atoms with Crippen LogP contribution in [0, 0.1) is 0 Å². The number of anilines is 4. The fourth-order valence-electron chi connectivity index (χ4n) is 3.08. The number of hydrogen-bond acceptors (Lipinski definition) is 6. The summed E-state index contributed by atoms with van der Waals surface area (Å²) in [7, 11) is 0. The van der Waals surface area contributed by atoms with Gasteiger partial charge in [0, 0.05) is 30.1 Å². The van der Waals surface area contributed by atoms with Crippen molar-refractivity contribution in [2.45, 2.75) is 13.3 Å². The maximum Gasteiger partial charge on any atom is 0.302 e. The third-order valence-electron chi connectivity index (χ3n) is 4.55. The summed E-state index contributed by atoms with van der Waals surface area (Å²) in [6, 6.07) is 25.8. The molecule has 0 radical (unpaired) electrons. The Labute approximate surface area is 175 Å². The van der Waals surface area contributed by atoms with Gasteiger partial charge >= 0.3 is 5.97 Å². The lowest BCUT2D eigenvalue weighted by Gasteiger charge is -2.12. The number of carbonyl (C=O) groups excluding carboxylic acids is 1. The van der Waals surface area contributed by atoms with E-state index in [0.717, 1.165) is 33.7 Å². The molecule has 2 N–H and O–H groups in total. The van der Waals surface area contributed by atoms with Crippen molar-refractivity contribution >= 4 is 40.0 Å². The summed E-state index contributed by atoms with van der Waals surface area (Å²) < 4.78 is 4.99. The second-order valence-electron chi connectivity index (χ2n) is 6.82. The smallest absolute Gasteiger partial charge is 0.302 e. The molecule has 0 aliphatic rings. The predicted molar refractivity (Wildman–Crippen MR) is 119 cm³/mol. The van der Waals surface area contributed by atoms with Gasteiger partial charge in [-0.15, -0.1) is 0 Å². The Morgan fingerprint density at radius 2 is 1.53 bits per heavy atom. The monoisotopic (exact) mass is 398 g/mol. The van der Waals surface area contributed by atoms with Crippen LogP contribution < -0.4 is 10.6 Å². The summed E-state index contributed by atoms with van der Waals surface area (Å²) in [4.78, 5) is 20.2. The second-order valence-corrected chi connectivity index (χ2v) is 6.82. The average Bonchev–Trinajstić information content (AvgIpc) is 2.75. The molecular formula is C24H22N4O2. The van der Waals surface area contributed by atoms with E-state index in [9.17, 15) is 4.79 Å². The van der Waals surface area contributed by atoms with Gasteiger partial charge in [0.2, 0.25) is 5.95 Å². The normalized spacial score (nSPS) is 10.6. The van der Waals surface area contributed by atoms with Gasteiger partial charge in [0.05, 0.1) is 12.1 Å². The Morgan fingerprint density at radius 1 is 0.833 bits per heavy atom. The first-order valence-electron chi connectivity index (χ1n) is 9.75. The highest BCUT2D eigenvalue weighted by atomic mass is 16.5. The van der Waals surface area contributed by atoms with Crippen LogP contribution in [-0.4, -0.2) is 22.5 Å². The van der Waals surface area contributed by atoms with Crippen LogP contribution in [0.25, 0.3) is 10.9 Å². The van der Waals surface area contributed by atoms with Gasteiger partial charge < -0.3 is 15.4 Å². The Morgan fingerprint density at radius 3 is 2.30 bits per heavy atom. The topological polar surface area (TPSA) is 76.1 Å². The molecular weight excluding hydrogens is 376 g/mol. The fourth-order valence-corrected chi connectivity index (χ4v) is 3.08. The third kappa shape index (κ3) is 4.91. The quantitative estimate of drug-likeness (QED) is 0.416. The van der Waals surface area contributed by atoms with Crippen molar-refractivity contribution in [1.82, 2.24) is 9.97 Å². The number of rotatable bonds is 7. The van der Waals surface area contributed by atoms with Gasteiger partial charge in [-0.05, 0) is 42.0 Å². The second kappa shape index (κ2) is 9.05. The van der Waals surface area contributed by atoms with E-state index in [4.69, 9.17) is 9.72 Å². The van der Waals surface area contributed by atoms with Crippen molar-refractivity contribution in [1.29, 1.82) is 0 Å². The number of fused-ring (bicyclic) bond motifs is 1. The lowest BCUT2D eigenvalue weighted by Crippen LogP contribution is -2.04. The van der Waals surface area contributed by atoms with E-state index in [2.05, 4.69) is 15.6 Å². The summed E-state index contributed by atoms with van der Waals surface area (Å²) >= 11 is 0. The fraction of sp³-hybridized carbons (Fsp3) is 0.125. The molecule has 0 aliphatic heterocycles. The van der Waals surface area contributed by atoms with Crippen LogP contribution in [0.1, 0.15) is 12.5 Å². The van der Waals surface area contributed by atoms with Crippen LogP contribution in [0.2, 0.25) is 0 Å². The summed E-state index contributed by atoms with van der Waals surface area (Å²) in [5.74, 6) is 0.994. The molecule has 4 aromatic rings. The molecule has 0 spiro atoms. The summed E-state index contributed by atoms with van der Waals surface area (Å²) in [6.07, 6.45) is 0.678. The van der Waals surface area contributed by atoms with Crippen LogP contribution in [0.3, 0.4) is 0 Å². The van der Waals surface area contributed by atoms with E-state index in [1.54, 1.807) is 0 Å². The molecule has 30 heavy (non-hydrogen) atoms. The SMILES string of the molecule is CC(=O)OCCc1ccc(Nc2nc(Nc3ccccc3)c3ccccc3n2)cc1. The van der Waals surface area contributed by atoms with Gasteiger partial charge in [-0.2, -0.15) is 4.98 Å². The first kappa shape index (κ1) is 19.4. The van der Waals surface area contributed by atoms with Crippen LogP contribution >= 0.6 is 0 Å². The van der Waals surface area contributed by atoms with Gasteiger partial charge in [0.15, 0.2) is 0 Å². The van der Waals surface area contributed by atoms with E-state index >= 15 is 0 Å². The number of ether oxygens (including phenoxy) is 1. The van der Waals surface area contributed by atoms with Crippen molar-refractivity contribution in [3.8, 4) is 0 Å². The number of aromatic nitrogens is 2. The molecule has 0 aliphatic carbocycles. The minimum atomic E-state index is -0.262. The molecule has 0 bridgehead atoms. The molecule has 1 aromatic heterocycles. The number of nitrogens with zero attached hydrogens (tertiary/aromatic N) is 2. The maximum atomic E-state index is 10.9. The molecule has 1 heterocycles. The first-order chi connectivity index (χ1) is 14.7. The average molecular weight is 398 g/mol. The number of hydrogen-bond donors (Lipinski definition) is 2. The van der Waals surface area contributed by atoms with Crippen molar-refractivity contribution in [3.05, 3.63) is 84.4 Å². The van der Waals surface area contributed by atoms with Gasteiger partial charge in [-0.25, -0.2) is 4.98 Å². The minimum Gasteiger partial charge on any atom is -0.466 e. The molecule has 0 amide bonds. The molecule has 0 fully saturated rings. The van der Waals surface area contributed by atoms with E-state index in [1.807, 2.05) is 78.9 Å². The standard InChI is InChI=1S/C24H22N4O2/c1-17(29)30-16-15-18-11-13-20(14-12-18)26-24-27-22-10-6-5-9-21(22)23(28-24)25-19-7-3-2-4-8-19/h2-14H,15-16H2,1H3,(H2,25,26,27,28). The highest BCUT2D eigenvalue weighted by Crippen LogP contribution is 2.26. The number of benzene rings is 3. The molecule has 0 saturated heterocycles. The van der Waals surface area contributed by atoms with E-state index in [-0.39, 0.29) is 5.97 Å². The summed E-state index contributed by atoms with van der Waals surface area (Å²) in [6.45, 7) is 1.79. The molecule has 0 unspecified atom stereocenters. The van der Waals surface area contributed by atoms with Crippen LogP contribution in [0.5, 0.6) is 0 Å². The highest BCUT2D eigenvalue weighted by molar-refractivity contribution is 5.92. The van der Waals surface area contributed by atoms with Gasteiger partial charge in [-0.1, -0.05) is 42.5 Å². The Hall–Kier alpha value is -3.93. The molecule has 150 valence electrons. The highest BCUT2D eigenvalue weighted by Gasteiger charge is 2.08. The number of esters is 1. The Balaban J connectivity index is 1.54. The molecule has 4 rings (SSSR count). The molecule has 6 nitrogen and oxygen atoms in total. The van der Waals surface area contributed by atoms with E-state index in [0.29, 0.717) is 19.0 Å². The maximum absolute atomic E-state index is 10.9. The number of carbonyl (C=O) groups is 1. The van der Waals surface area contributed by atoms with Crippen molar-refractivity contribution in [2.75, 3.05) is 17.2 Å². The first-order valence-corrected chi connectivity index (χ1v) is 9.75. The lowest BCUT2D eigenvalue weighted by atomic mass is 10.1. The van der Waals surface area contributed by atoms with E-state index in [1.165, 1.54) is 6.92 Å². The Kier molecular flexibility index (Phi) is 5.85. The minimum absolute atomic E-state index is 0.262. The number of nitrogens with one attached hydrogen (secondary N) is 2. The lowest BCUT2D eigenvalue weighted by molar-refractivity contribution is -0.140. The largest absolute Gasteiger partial charge is 0.466 e. The van der Waals surface area contributed by atoms with Gasteiger partial charge in [-0.3, -0.25) is 4.79 Å². The molecule has 6 heteroatoms. The van der Waals surface area contributed by atoms with Gasteiger partial charge in [0.25, 0.3) is 0 Å². The van der Waals surface area contributed by atoms with Crippen LogP contribution in [-0.2, 0) is 16.0 Å². The third-order valence-corrected chi connectivity index (χ3v) is 4.55. The van der Waals surface area contributed by atoms with Crippen molar-refractivity contribution in [3.63, 3.8) is 0 Å². The number of para-hydroxylation sites is 2.